The molecule has 0 radical (unpaired) electrons. The zero-order valence-electron chi connectivity index (χ0n) is 17.7. The van der Waals surface area contributed by atoms with E-state index >= 15 is 0 Å². The van der Waals surface area contributed by atoms with E-state index in [9.17, 15) is 18.8 Å². The topological polar surface area (TPSA) is 75.7 Å². The van der Waals surface area contributed by atoms with E-state index in [0.717, 1.165) is 21.1 Å². The van der Waals surface area contributed by atoms with E-state index in [1.54, 1.807) is 42.5 Å². The molecule has 1 N–H and O–H groups in total. The van der Waals surface area contributed by atoms with E-state index in [2.05, 4.69) is 21.2 Å². The number of rotatable bonds is 7. The van der Waals surface area contributed by atoms with Crippen molar-refractivity contribution in [2.24, 2.45) is 0 Å². The van der Waals surface area contributed by atoms with E-state index in [1.807, 2.05) is 18.2 Å². The number of halogens is 2. The highest BCUT2D eigenvalue weighted by Crippen LogP contribution is 2.35. The summed E-state index contributed by atoms with van der Waals surface area (Å²) in [6, 6.07) is 20.1. The fourth-order valence-corrected chi connectivity index (χ4v) is 4.41. The Bertz CT molecular complexity index is 1280. The summed E-state index contributed by atoms with van der Waals surface area (Å²) < 4.78 is 20.4. The van der Waals surface area contributed by atoms with E-state index in [0.29, 0.717) is 17.0 Å². The molecule has 1 saturated heterocycles. The predicted molar refractivity (Wildman–Crippen MR) is 133 cm³/mol. The third-order valence-electron chi connectivity index (χ3n) is 4.83. The number of benzene rings is 3. The van der Waals surface area contributed by atoms with Crippen LogP contribution in [0.25, 0.3) is 6.08 Å². The van der Waals surface area contributed by atoms with Crippen LogP contribution in [0.3, 0.4) is 0 Å². The Kier molecular flexibility index (Phi) is 7.44. The van der Waals surface area contributed by atoms with Gasteiger partial charge in [0.25, 0.3) is 17.1 Å². The predicted octanol–water partition coefficient (Wildman–Crippen LogP) is 5.84. The summed E-state index contributed by atoms with van der Waals surface area (Å²) in [6.07, 6.45) is 1.53. The molecule has 0 bridgehead atoms. The monoisotopic (exact) mass is 540 g/mol. The van der Waals surface area contributed by atoms with E-state index < -0.39 is 17.0 Å². The van der Waals surface area contributed by atoms with Gasteiger partial charge in [-0.05, 0) is 54.2 Å². The molecule has 0 spiro atoms. The van der Waals surface area contributed by atoms with E-state index in [4.69, 9.17) is 4.74 Å². The molecule has 1 aliphatic rings. The molecule has 4 rings (SSSR count). The molecular weight excluding hydrogens is 523 g/mol. The van der Waals surface area contributed by atoms with Crippen molar-refractivity contribution >= 4 is 56.5 Å². The van der Waals surface area contributed by atoms with Crippen LogP contribution in [0, 0.1) is 5.82 Å². The maximum absolute atomic E-state index is 14.0. The number of nitrogens with one attached hydrogen (secondary N) is 1. The minimum Gasteiger partial charge on any atom is -0.483 e. The number of para-hydroxylation sites is 1. The largest absolute Gasteiger partial charge is 0.483 e. The van der Waals surface area contributed by atoms with Crippen molar-refractivity contribution in [3.63, 3.8) is 0 Å². The molecule has 0 atom stereocenters. The second kappa shape index (κ2) is 10.7. The van der Waals surface area contributed by atoms with Crippen molar-refractivity contribution < 1.29 is 23.5 Å². The molecular formula is C25H18BrFN2O4S. The average Bonchev–Trinajstić information content (AvgIpc) is 3.08. The highest BCUT2D eigenvalue weighted by atomic mass is 79.9. The van der Waals surface area contributed by atoms with Gasteiger partial charge >= 0.3 is 0 Å². The van der Waals surface area contributed by atoms with Gasteiger partial charge in [-0.25, -0.2) is 4.39 Å². The van der Waals surface area contributed by atoms with Gasteiger partial charge in [-0.2, -0.15) is 0 Å². The Morgan fingerprint density at radius 2 is 1.79 bits per heavy atom. The molecule has 0 unspecified atom stereocenters. The molecule has 9 heteroatoms. The van der Waals surface area contributed by atoms with Crippen molar-refractivity contribution in [2.75, 3.05) is 11.9 Å². The molecule has 0 aromatic heterocycles. The number of ether oxygens (including phenoxy) is 1. The van der Waals surface area contributed by atoms with Gasteiger partial charge in [0, 0.05) is 21.3 Å². The molecule has 0 aliphatic carbocycles. The number of carbonyl (C=O) groups is 3. The summed E-state index contributed by atoms with van der Waals surface area (Å²) in [4.78, 5) is 38.8. The van der Waals surface area contributed by atoms with Crippen molar-refractivity contribution in [3.05, 3.63) is 99.1 Å². The highest BCUT2D eigenvalue weighted by Gasteiger charge is 2.35. The first-order valence-corrected chi connectivity index (χ1v) is 11.8. The Morgan fingerprint density at radius 1 is 1.06 bits per heavy atom. The van der Waals surface area contributed by atoms with Crippen LogP contribution in [-0.4, -0.2) is 28.6 Å². The highest BCUT2D eigenvalue weighted by molar-refractivity contribution is 9.10. The van der Waals surface area contributed by atoms with Crippen LogP contribution in [0.4, 0.5) is 14.9 Å². The molecule has 1 fully saturated rings. The molecule has 3 aromatic rings. The van der Waals surface area contributed by atoms with Crippen LogP contribution in [0.1, 0.15) is 11.1 Å². The summed E-state index contributed by atoms with van der Waals surface area (Å²) in [5.41, 5.74) is 1.41. The number of amides is 3. The lowest BCUT2D eigenvalue weighted by atomic mass is 10.1. The normalized spacial score (nSPS) is 14.5. The van der Waals surface area contributed by atoms with Crippen LogP contribution in [0.15, 0.2) is 82.2 Å². The molecule has 6 nitrogen and oxygen atoms in total. The first-order valence-electron chi connectivity index (χ1n) is 10.2. The van der Waals surface area contributed by atoms with Gasteiger partial charge in [0.15, 0.2) is 6.61 Å². The third-order valence-corrected chi connectivity index (χ3v) is 6.24. The zero-order valence-corrected chi connectivity index (χ0v) is 20.1. The summed E-state index contributed by atoms with van der Waals surface area (Å²) >= 11 is 4.15. The van der Waals surface area contributed by atoms with Crippen LogP contribution >= 0.6 is 27.7 Å². The third kappa shape index (κ3) is 5.73. The quantitative estimate of drug-likeness (QED) is 0.381. The minimum atomic E-state index is -0.522. The Labute approximate surface area is 207 Å². The second-order valence-corrected chi connectivity index (χ2v) is 9.15. The summed E-state index contributed by atoms with van der Waals surface area (Å²) in [7, 11) is 0. The van der Waals surface area contributed by atoms with Gasteiger partial charge in [0.05, 0.1) is 11.4 Å². The van der Waals surface area contributed by atoms with Gasteiger partial charge < -0.3 is 10.1 Å². The molecule has 34 heavy (non-hydrogen) atoms. The summed E-state index contributed by atoms with van der Waals surface area (Å²) in [6.45, 7) is -0.400. The Morgan fingerprint density at radius 3 is 2.56 bits per heavy atom. The van der Waals surface area contributed by atoms with Crippen molar-refractivity contribution in [2.45, 2.75) is 6.54 Å². The zero-order chi connectivity index (χ0) is 24.1. The number of thioether (sulfide) groups is 1. The number of hydrogen-bond acceptors (Lipinski definition) is 5. The van der Waals surface area contributed by atoms with E-state index in [-0.39, 0.29) is 29.5 Å². The van der Waals surface area contributed by atoms with Crippen LogP contribution < -0.4 is 10.1 Å². The van der Waals surface area contributed by atoms with Gasteiger partial charge in [-0.1, -0.05) is 52.3 Å². The molecule has 172 valence electrons. The van der Waals surface area contributed by atoms with Gasteiger partial charge in [-0.15, -0.1) is 0 Å². The fourth-order valence-electron chi connectivity index (χ4n) is 3.20. The Balaban J connectivity index is 1.49. The number of imide groups is 1. The average molecular weight is 541 g/mol. The maximum atomic E-state index is 14.0. The molecule has 1 aliphatic heterocycles. The number of carbonyl (C=O) groups excluding carboxylic acids is 3. The summed E-state index contributed by atoms with van der Waals surface area (Å²) in [5, 5.41) is 2.25. The SMILES string of the molecule is O=C(COc1ccc(Br)cc1/C=C1\SC(=O)N(Cc2ccccc2F)C1=O)Nc1ccccc1. The number of nitrogens with zero attached hydrogens (tertiary/aromatic N) is 1. The van der Waals surface area contributed by atoms with Gasteiger partial charge in [0.1, 0.15) is 11.6 Å². The Hall–Kier alpha value is -3.43. The van der Waals surface area contributed by atoms with Crippen molar-refractivity contribution in [1.82, 2.24) is 4.90 Å². The summed E-state index contributed by atoms with van der Waals surface area (Å²) in [5.74, 6) is -0.981. The van der Waals surface area contributed by atoms with E-state index in [1.165, 1.54) is 18.2 Å². The molecule has 3 amide bonds. The lowest BCUT2D eigenvalue weighted by molar-refractivity contribution is -0.123. The minimum absolute atomic E-state index is 0.157. The van der Waals surface area contributed by atoms with Gasteiger partial charge in [0.2, 0.25) is 0 Å². The van der Waals surface area contributed by atoms with Crippen molar-refractivity contribution in [1.29, 1.82) is 0 Å². The van der Waals surface area contributed by atoms with Crippen LogP contribution in [-0.2, 0) is 16.1 Å². The molecule has 3 aromatic carbocycles. The maximum Gasteiger partial charge on any atom is 0.293 e. The lowest BCUT2D eigenvalue weighted by Gasteiger charge is -2.13. The van der Waals surface area contributed by atoms with Gasteiger partial charge in [-0.3, -0.25) is 19.3 Å². The fraction of sp³-hybridized carbons (Fsp3) is 0.0800. The van der Waals surface area contributed by atoms with Crippen LogP contribution in [0.5, 0.6) is 5.75 Å². The number of hydrogen-bond donors (Lipinski definition) is 1. The molecule has 1 heterocycles. The second-order valence-electron chi connectivity index (χ2n) is 7.24. The van der Waals surface area contributed by atoms with Crippen molar-refractivity contribution in [3.8, 4) is 5.75 Å². The number of anilines is 1. The molecule has 0 saturated carbocycles. The first-order chi connectivity index (χ1) is 16.4. The lowest BCUT2D eigenvalue weighted by Crippen LogP contribution is -2.27. The first kappa shape index (κ1) is 23.7. The standard InChI is InChI=1S/C25H18BrFN2O4S/c26-18-10-11-21(33-15-23(30)28-19-7-2-1-3-8-19)17(12-18)13-22-24(31)29(25(32)34-22)14-16-6-4-5-9-20(16)27/h1-13H,14-15H2,(H,28,30)/b22-13-. The smallest absolute Gasteiger partial charge is 0.293 e. The van der Waals surface area contributed by atoms with Crippen LogP contribution in [0.2, 0.25) is 0 Å².